The minimum atomic E-state index is -0.911. The number of carbonyl (C=O) groups excluding carboxylic acids is 1. The van der Waals surface area contributed by atoms with Gasteiger partial charge in [0, 0.05) is 25.7 Å². The third kappa shape index (κ3) is 5.22. The molecule has 1 heterocycles. The van der Waals surface area contributed by atoms with Crippen LogP contribution in [0.25, 0.3) is 0 Å². The van der Waals surface area contributed by atoms with Gasteiger partial charge in [0.2, 0.25) is 5.91 Å². The van der Waals surface area contributed by atoms with Crippen molar-refractivity contribution in [3.8, 4) is 0 Å². The van der Waals surface area contributed by atoms with E-state index in [0.717, 1.165) is 11.1 Å². The summed E-state index contributed by atoms with van der Waals surface area (Å²) in [5, 5.41) is 9.73. The first kappa shape index (κ1) is 21.2. The quantitative estimate of drug-likeness (QED) is 0.846. The average Bonchev–Trinajstić information content (AvgIpc) is 2.59. The van der Waals surface area contributed by atoms with E-state index in [0.29, 0.717) is 32.5 Å². The Bertz CT molecular complexity index is 688. The van der Waals surface area contributed by atoms with Crippen molar-refractivity contribution in [3.05, 3.63) is 34.9 Å². The highest BCUT2D eigenvalue weighted by Crippen LogP contribution is 2.24. The van der Waals surface area contributed by atoms with E-state index in [-0.39, 0.29) is 17.4 Å². The van der Waals surface area contributed by atoms with Gasteiger partial charge in [-0.05, 0) is 43.2 Å². The summed E-state index contributed by atoms with van der Waals surface area (Å²) in [6, 6.07) is 5.46. The Hall–Kier alpha value is -2.08. The summed E-state index contributed by atoms with van der Waals surface area (Å²) in [5.74, 6) is -0.0443. The summed E-state index contributed by atoms with van der Waals surface area (Å²) in [5.41, 5.74) is 9.11. The first-order chi connectivity index (χ1) is 12.5. The lowest BCUT2D eigenvalue weighted by atomic mass is 9.86. The molecule has 0 aromatic heterocycles. The number of hydrogen-bond donors (Lipinski definition) is 2. The SMILES string of the molecule is Cc1ccc(CN(C(=O)O)C2CCN(C(=O)[C@@H](N)C(C)(C)C)CC2)c(C)c1. The lowest BCUT2D eigenvalue weighted by Crippen LogP contribution is -2.54. The molecule has 27 heavy (non-hydrogen) atoms. The van der Waals surface area contributed by atoms with Crippen molar-refractivity contribution in [3.63, 3.8) is 0 Å². The first-order valence-electron chi connectivity index (χ1n) is 9.60. The molecule has 0 radical (unpaired) electrons. The summed E-state index contributed by atoms with van der Waals surface area (Å²) in [6.45, 7) is 11.4. The van der Waals surface area contributed by atoms with Crippen LogP contribution >= 0.6 is 0 Å². The van der Waals surface area contributed by atoms with E-state index >= 15 is 0 Å². The van der Waals surface area contributed by atoms with Gasteiger partial charge in [0.1, 0.15) is 0 Å². The van der Waals surface area contributed by atoms with E-state index in [1.165, 1.54) is 10.5 Å². The standard InChI is InChI=1S/C21H33N3O3/c1-14-6-7-16(15(2)12-14)13-24(20(26)27)17-8-10-23(11-9-17)19(25)18(22)21(3,4)5/h6-7,12,17-18H,8-11,13,22H2,1-5H3,(H,26,27)/t18-/m1/s1. The van der Waals surface area contributed by atoms with Gasteiger partial charge >= 0.3 is 6.09 Å². The van der Waals surface area contributed by atoms with Crippen LogP contribution in [0.15, 0.2) is 18.2 Å². The number of benzene rings is 1. The van der Waals surface area contributed by atoms with Crippen molar-refractivity contribution in [1.82, 2.24) is 9.80 Å². The van der Waals surface area contributed by atoms with Crippen LogP contribution in [-0.2, 0) is 11.3 Å². The minimum absolute atomic E-state index is 0.0443. The maximum Gasteiger partial charge on any atom is 0.407 e. The largest absolute Gasteiger partial charge is 0.465 e. The second-order valence-electron chi connectivity index (χ2n) is 8.74. The Morgan fingerprint density at radius 3 is 2.33 bits per heavy atom. The number of likely N-dealkylation sites (tertiary alicyclic amines) is 1. The first-order valence-corrected chi connectivity index (χ1v) is 9.60. The fourth-order valence-electron chi connectivity index (χ4n) is 3.52. The summed E-state index contributed by atoms with van der Waals surface area (Å²) < 4.78 is 0. The number of aryl methyl sites for hydroxylation is 2. The van der Waals surface area contributed by atoms with Crippen LogP contribution in [0.4, 0.5) is 4.79 Å². The molecule has 1 aliphatic heterocycles. The molecule has 0 unspecified atom stereocenters. The van der Waals surface area contributed by atoms with Gasteiger partial charge in [0.15, 0.2) is 0 Å². The Balaban J connectivity index is 2.03. The number of carboxylic acid groups (broad SMARTS) is 1. The van der Waals surface area contributed by atoms with Crippen LogP contribution in [0, 0.1) is 19.3 Å². The van der Waals surface area contributed by atoms with E-state index in [1.807, 2.05) is 46.8 Å². The highest BCUT2D eigenvalue weighted by molar-refractivity contribution is 5.82. The molecule has 1 saturated heterocycles. The van der Waals surface area contributed by atoms with Gasteiger partial charge < -0.3 is 20.6 Å². The lowest BCUT2D eigenvalue weighted by molar-refractivity contribution is -0.136. The Labute approximate surface area is 162 Å². The van der Waals surface area contributed by atoms with Gasteiger partial charge in [-0.3, -0.25) is 4.79 Å². The number of rotatable bonds is 4. The third-order valence-electron chi connectivity index (χ3n) is 5.50. The summed E-state index contributed by atoms with van der Waals surface area (Å²) in [6.07, 6.45) is 0.366. The minimum Gasteiger partial charge on any atom is -0.465 e. The summed E-state index contributed by atoms with van der Waals surface area (Å²) >= 11 is 0. The zero-order valence-corrected chi connectivity index (χ0v) is 17.2. The summed E-state index contributed by atoms with van der Waals surface area (Å²) in [4.78, 5) is 27.8. The van der Waals surface area contributed by atoms with Gasteiger partial charge in [-0.1, -0.05) is 44.5 Å². The number of nitrogens with two attached hydrogens (primary N) is 1. The Morgan fingerprint density at radius 2 is 1.85 bits per heavy atom. The van der Waals surface area contributed by atoms with E-state index in [2.05, 4.69) is 6.07 Å². The Kier molecular flexibility index (Phi) is 6.52. The van der Waals surface area contributed by atoms with Crippen molar-refractivity contribution < 1.29 is 14.7 Å². The van der Waals surface area contributed by atoms with Crippen molar-refractivity contribution in [1.29, 1.82) is 0 Å². The van der Waals surface area contributed by atoms with Crippen LogP contribution in [0.2, 0.25) is 0 Å². The normalized spacial score (nSPS) is 16.9. The molecular weight excluding hydrogens is 342 g/mol. The van der Waals surface area contributed by atoms with Crippen LogP contribution in [0.1, 0.15) is 50.3 Å². The molecule has 150 valence electrons. The van der Waals surface area contributed by atoms with Crippen LogP contribution < -0.4 is 5.73 Å². The zero-order chi connectivity index (χ0) is 20.4. The second kappa shape index (κ2) is 8.30. The molecule has 2 rings (SSSR count). The predicted molar refractivity (Wildman–Crippen MR) is 107 cm³/mol. The number of nitrogens with zero attached hydrogens (tertiary/aromatic N) is 2. The third-order valence-corrected chi connectivity index (χ3v) is 5.50. The molecular formula is C21H33N3O3. The van der Waals surface area contributed by atoms with Crippen LogP contribution in [0.5, 0.6) is 0 Å². The molecule has 1 aromatic rings. The molecule has 3 N–H and O–H groups in total. The molecule has 1 atom stereocenters. The summed E-state index contributed by atoms with van der Waals surface area (Å²) in [7, 11) is 0. The lowest BCUT2D eigenvalue weighted by Gasteiger charge is -2.39. The van der Waals surface area contributed by atoms with Crippen molar-refractivity contribution in [2.75, 3.05) is 13.1 Å². The number of amides is 2. The highest BCUT2D eigenvalue weighted by atomic mass is 16.4. The predicted octanol–water partition coefficient (Wildman–Crippen LogP) is 3.15. The number of piperidine rings is 1. The van der Waals surface area contributed by atoms with Gasteiger partial charge in [0.05, 0.1) is 6.04 Å². The molecule has 2 amide bonds. The molecule has 1 aromatic carbocycles. The smallest absolute Gasteiger partial charge is 0.407 e. The molecule has 6 heteroatoms. The van der Waals surface area contributed by atoms with Crippen molar-refractivity contribution in [2.24, 2.45) is 11.1 Å². The fourth-order valence-corrected chi connectivity index (χ4v) is 3.52. The van der Waals surface area contributed by atoms with Crippen LogP contribution in [0.3, 0.4) is 0 Å². The molecule has 1 fully saturated rings. The van der Waals surface area contributed by atoms with E-state index in [1.54, 1.807) is 4.90 Å². The monoisotopic (exact) mass is 375 g/mol. The average molecular weight is 376 g/mol. The maximum absolute atomic E-state index is 12.6. The molecule has 0 bridgehead atoms. The molecule has 6 nitrogen and oxygen atoms in total. The van der Waals surface area contributed by atoms with E-state index in [9.17, 15) is 14.7 Å². The molecule has 0 saturated carbocycles. The molecule has 0 aliphatic carbocycles. The van der Waals surface area contributed by atoms with Gasteiger partial charge in [0.25, 0.3) is 0 Å². The van der Waals surface area contributed by atoms with Gasteiger partial charge in [-0.2, -0.15) is 0 Å². The Morgan fingerprint density at radius 1 is 1.26 bits per heavy atom. The van der Waals surface area contributed by atoms with Crippen molar-refractivity contribution in [2.45, 2.75) is 66.1 Å². The van der Waals surface area contributed by atoms with Crippen LogP contribution in [-0.4, -0.2) is 52.1 Å². The molecule has 0 spiro atoms. The van der Waals surface area contributed by atoms with E-state index < -0.39 is 12.1 Å². The number of carbonyl (C=O) groups is 2. The zero-order valence-electron chi connectivity index (χ0n) is 17.2. The molecule has 1 aliphatic rings. The van der Waals surface area contributed by atoms with E-state index in [4.69, 9.17) is 5.73 Å². The maximum atomic E-state index is 12.6. The van der Waals surface area contributed by atoms with Gasteiger partial charge in [-0.25, -0.2) is 4.79 Å². The highest BCUT2D eigenvalue weighted by Gasteiger charge is 2.35. The number of hydrogen-bond acceptors (Lipinski definition) is 3. The second-order valence-corrected chi connectivity index (χ2v) is 8.74. The van der Waals surface area contributed by atoms with Gasteiger partial charge in [-0.15, -0.1) is 0 Å². The topological polar surface area (TPSA) is 86.9 Å². The van der Waals surface area contributed by atoms with Crippen molar-refractivity contribution >= 4 is 12.0 Å². The fraction of sp³-hybridized carbons (Fsp3) is 0.619.